The van der Waals surface area contributed by atoms with E-state index in [4.69, 9.17) is 14.5 Å². The van der Waals surface area contributed by atoms with Crippen molar-refractivity contribution >= 4 is 5.71 Å². The minimum Gasteiger partial charge on any atom is -0.507 e. The predicted molar refractivity (Wildman–Crippen MR) is 94.1 cm³/mol. The lowest BCUT2D eigenvalue weighted by Gasteiger charge is -2.34. The number of rotatable bonds is 7. The number of ether oxygens (including phenoxy) is 2. The molecule has 0 unspecified atom stereocenters. The summed E-state index contributed by atoms with van der Waals surface area (Å²) in [7, 11) is 0. The molecule has 1 aromatic carbocycles. The van der Waals surface area contributed by atoms with Crippen molar-refractivity contribution in [1.29, 1.82) is 0 Å². The summed E-state index contributed by atoms with van der Waals surface area (Å²) < 4.78 is 11.8. The van der Waals surface area contributed by atoms with E-state index in [1.54, 1.807) is 6.07 Å². The van der Waals surface area contributed by atoms with Gasteiger partial charge in [0.15, 0.2) is 0 Å². The maximum absolute atomic E-state index is 10.5. The zero-order valence-corrected chi connectivity index (χ0v) is 14.8. The molecule has 0 amide bonds. The van der Waals surface area contributed by atoms with Crippen LogP contribution in [0.5, 0.6) is 17.2 Å². The molecule has 0 saturated carbocycles. The molecule has 1 heterocycles. The van der Waals surface area contributed by atoms with Crippen LogP contribution in [0.3, 0.4) is 0 Å². The van der Waals surface area contributed by atoms with Crippen LogP contribution in [-0.2, 0) is 0 Å². The highest BCUT2D eigenvalue weighted by atomic mass is 16.5. The summed E-state index contributed by atoms with van der Waals surface area (Å²) in [5.74, 6) is 1.52. The van der Waals surface area contributed by atoms with E-state index in [-0.39, 0.29) is 11.4 Å². The Morgan fingerprint density at radius 3 is 2.65 bits per heavy atom. The van der Waals surface area contributed by atoms with Crippen molar-refractivity contribution in [2.24, 2.45) is 4.99 Å². The quantitative estimate of drug-likeness (QED) is 0.740. The van der Waals surface area contributed by atoms with Crippen LogP contribution in [0.4, 0.5) is 0 Å². The van der Waals surface area contributed by atoms with E-state index in [2.05, 4.69) is 13.8 Å². The van der Waals surface area contributed by atoms with Gasteiger partial charge in [-0.15, -0.1) is 0 Å². The topological polar surface area (TPSA) is 51.0 Å². The number of phenolic OH excluding ortho intramolecular Hbond substituents is 1. The normalized spacial score (nSPS) is 17.7. The first kappa shape index (κ1) is 17.6. The van der Waals surface area contributed by atoms with Gasteiger partial charge in [0.2, 0.25) is 0 Å². The molecule has 0 radical (unpaired) electrons. The lowest BCUT2D eigenvalue weighted by molar-refractivity contribution is 0.110. The van der Waals surface area contributed by atoms with Gasteiger partial charge in [-0.05, 0) is 26.7 Å². The highest BCUT2D eigenvalue weighted by Crippen LogP contribution is 2.41. The van der Waals surface area contributed by atoms with Crippen molar-refractivity contribution in [3.63, 3.8) is 0 Å². The van der Waals surface area contributed by atoms with E-state index < -0.39 is 0 Å². The Morgan fingerprint density at radius 1 is 1.22 bits per heavy atom. The van der Waals surface area contributed by atoms with Gasteiger partial charge in [-0.3, -0.25) is 4.99 Å². The third kappa shape index (κ3) is 4.63. The molecule has 4 nitrogen and oxygen atoms in total. The van der Waals surface area contributed by atoms with E-state index >= 15 is 0 Å². The summed E-state index contributed by atoms with van der Waals surface area (Å²) in [5, 5.41) is 10.5. The van der Waals surface area contributed by atoms with Gasteiger partial charge < -0.3 is 14.6 Å². The zero-order chi connectivity index (χ0) is 16.9. The molecule has 128 valence electrons. The van der Waals surface area contributed by atoms with Gasteiger partial charge in [-0.2, -0.15) is 0 Å². The molecule has 4 heteroatoms. The number of benzene rings is 1. The third-order valence-corrected chi connectivity index (χ3v) is 3.90. The van der Waals surface area contributed by atoms with Crippen LogP contribution in [0, 0.1) is 0 Å². The predicted octanol–water partition coefficient (Wildman–Crippen LogP) is 4.72. The van der Waals surface area contributed by atoms with Crippen molar-refractivity contribution in [1.82, 2.24) is 0 Å². The first-order chi connectivity index (χ1) is 11.0. The fraction of sp³-hybridized carbons (Fsp3) is 0.632. The summed E-state index contributed by atoms with van der Waals surface area (Å²) >= 11 is 0. The smallest absolute Gasteiger partial charge is 0.136 e. The molecule has 0 spiro atoms. The van der Waals surface area contributed by atoms with Crippen LogP contribution in [0.25, 0.3) is 0 Å². The maximum atomic E-state index is 10.5. The van der Waals surface area contributed by atoms with Gasteiger partial charge in [-0.25, -0.2) is 0 Å². The second-order valence-corrected chi connectivity index (χ2v) is 6.74. The van der Waals surface area contributed by atoms with Crippen LogP contribution in [0.2, 0.25) is 0 Å². The molecule has 2 rings (SSSR count). The molecule has 0 saturated heterocycles. The average Bonchev–Trinajstić information content (AvgIpc) is 2.45. The standard InChI is InChI=1S/C19H29NO3/c1-5-7-9-20-15-13-19(3,4)23-17-12-14(22-10-8-6-2)11-16(21)18(15)17/h11-12,21H,5-10,13H2,1-4H3. The molecule has 0 bridgehead atoms. The highest BCUT2D eigenvalue weighted by molar-refractivity contribution is 6.06. The monoisotopic (exact) mass is 319 g/mol. The number of aliphatic imine (C=N–C) groups is 1. The molecule has 1 N–H and O–H groups in total. The molecule has 0 aromatic heterocycles. The molecule has 1 aliphatic heterocycles. The number of nitrogens with zero attached hydrogens (tertiary/aromatic N) is 1. The summed E-state index contributed by atoms with van der Waals surface area (Å²) in [5.41, 5.74) is 1.33. The Hall–Kier alpha value is -1.71. The van der Waals surface area contributed by atoms with Gasteiger partial charge in [0.1, 0.15) is 22.8 Å². The van der Waals surface area contributed by atoms with Crippen molar-refractivity contribution in [2.75, 3.05) is 13.2 Å². The van der Waals surface area contributed by atoms with Crippen LogP contribution < -0.4 is 9.47 Å². The van der Waals surface area contributed by atoms with Crippen molar-refractivity contribution < 1.29 is 14.6 Å². The summed E-state index contributed by atoms with van der Waals surface area (Å²) in [6, 6.07) is 3.55. The molecule has 0 fully saturated rings. The van der Waals surface area contributed by atoms with E-state index in [0.29, 0.717) is 24.5 Å². The van der Waals surface area contributed by atoms with Crippen molar-refractivity contribution in [2.45, 2.75) is 65.4 Å². The molecule has 1 aromatic rings. The summed E-state index contributed by atoms with van der Waals surface area (Å²) in [6.07, 6.45) is 4.94. The second kappa shape index (κ2) is 7.71. The fourth-order valence-electron chi connectivity index (χ4n) is 2.70. The zero-order valence-electron chi connectivity index (χ0n) is 14.8. The Balaban J connectivity index is 2.31. The molecule has 0 atom stereocenters. The number of hydrogen-bond acceptors (Lipinski definition) is 4. The lowest BCUT2D eigenvalue weighted by Crippen LogP contribution is -2.36. The Morgan fingerprint density at radius 2 is 1.96 bits per heavy atom. The van der Waals surface area contributed by atoms with E-state index in [1.165, 1.54) is 0 Å². The molecular formula is C19H29NO3. The van der Waals surface area contributed by atoms with E-state index in [0.717, 1.165) is 43.5 Å². The molecule has 23 heavy (non-hydrogen) atoms. The Kier molecular flexibility index (Phi) is 5.91. The van der Waals surface area contributed by atoms with Gasteiger partial charge in [0.25, 0.3) is 0 Å². The minimum atomic E-state index is -0.327. The van der Waals surface area contributed by atoms with Gasteiger partial charge >= 0.3 is 0 Å². The second-order valence-electron chi connectivity index (χ2n) is 6.74. The third-order valence-electron chi connectivity index (χ3n) is 3.90. The summed E-state index contributed by atoms with van der Waals surface area (Å²) in [4.78, 5) is 4.71. The van der Waals surface area contributed by atoms with Crippen LogP contribution in [0.15, 0.2) is 17.1 Å². The number of hydrogen-bond donors (Lipinski definition) is 1. The fourth-order valence-corrected chi connectivity index (χ4v) is 2.70. The Bertz CT molecular complexity index is 564. The number of phenols is 1. The van der Waals surface area contributed by atoms with Crippen LogP contribution >= 0.6 is 0 Å². The van der Waals surface area contributed by atoms with Gasteiger partial charge in [0, 0.05) is 25.1 Å². The number of fused-ring (bicyclic) bond motifs is 1. The van der Waals surface area contributed by atoms with Gasteiger partial charge in [-0.1, -0.05) is 26.7 Å². The molecule has 0 aliphatic carbocycles. The lowest BCUT2D eigenvalue weighted by atomic mass is 9.91. The molecule has 1 aliphatic rings. The van der Waals surface area contributed by atoms with Crippen molar-refractivity contribution in [3.8, 4) is 17.2 Å². The van der Waals surface area contributed by atoms with E-state index in [9.17, 15) is 5.11 Å². The maximum Gasteiger partial charge on any atom is 0.136 e. The van der Waals surface area contributed by atoms with Crippen molar-refractivity contribution in [3.05, 3.63) is 17.7 Å². The Labute approximate surface area is 139 Å². The first-order valence-corrected chi connectivity index (χ1v) is 8.69. The van der Waals surface area contributed by atoms with Crippen LogP contribution in [-0.4, -0.2) is 29.6 Å². The summed E-state index contributed by atoms with van der Waals surface area (Å²) in [6.45, 7) is 9.81. The van der Waals surface area contributed by atoms with Gasteiger partial charge in [0.05, 0.1) is 17.9 Å². The number of unbranched alkanes of at least 4 members (excludes halogenated alkanes) is 2. The first-order valence-electron chi connectivity index (χ1n) is 8.69. The minimum absolute atomic E-state index is 0.194. The number of aromatic hydroxyl groups is 1. The SMILES string of the molecule is CCCCN=C1CC(C)(C)Oc2cc(OCCCC)cc(O)c21. The molecular weight excluding hydrogens is 290 g/mol. The largest absolute Gasteiger partial charge is 0.507 e. The van der Waals surface area contributed by atoms with E-state index in [1.807, 2.05) is 19.9 Å². The highest BCUT2D eigenvalue weighted by Gasteiger charge is 2.33. The average molecular weight is 319 g/mol. The van der Waals surface area contributed by atoms with Crippen LogP contribution in [0.1, 0.15) is 65.4 Å².